The third-order valence-electron chi connectivity index (χ3n) is 3.63. The van der Waals surface area contributed by atoms with Crippen LogP contribution in [0.5, 0.6) is 0 Å². The van der Waals surface area contributed by atoms with Gasteiger partial charge in [-0.3, -0.25) is 4.79 Å². The first-order chi connectivity index (χ1) is 8.61. The molecule has 4 heteroatoms. The molecule has 0 aromatic heterocycles. The van der Waals surface area contributed by atoms with Crippen molar-refractivity contribution in [1.29, 1.82) is 0 Å². The average Bonchev–Trinajstić information content (AvgIpc) is 2.41. The summed E-state index contributed by atoms with van der Waals surface area (Å²) in [5.41, 5.74) is 7.12. The lowest BCUT2D eigenvalue weighted by Crippen LogP contribution is -2.39. The Labute approximate surface area is 116 Å². The van der Waals surface area contributed by atoms with Gasteiger partial charge < -0.3 is 10.6 Å². The van der Waals surface area contributed by atoms with Crippen LogP contribution in [-0.4, -0.2) is 23.9 Å². The van der Waals surface area contributed by atoms with Crippen molar-refractivity contribution in [3.63, 3.8) is 0 Å². The van der Waals surface area contributed by atoms with E-state index < -0.39 is 0 Å². The van der Waals surface area contributed by atoms with E-state index in [9.17, 15) is 4.79 Å². The second kappa shape index (κ2) is 5.74. The molecule has 0 radical (unpaired) electrons. The number of carbonyl (C=O) groups excluding carboxylic acids is 1. The monoisotopic (exact) mass is 310 g/mol. The second-order valence-corrected chi connectivity index (χ2v) is 5.76. The van der Waals surface area contributed by atoms with Gasteiger partial charge in [-0.1, -0.05) is 13.3 Å². The number of nitrogens with zero attached hydrogens (tertiary/aromatic N) is 1. The Balaban J connectivity index is 2.12. The Kier molecular flexibility index (Phi) is 4.27. The van der Waals surface area contributed by atoms with Crippen LogP contribution < -0.4 is 5.73 Å². The number of rotatable bonds is 2. The first kappa shape index (κ1) is 13.4. The van der Waals surface area contributed by atoms with Crippen LogP contribution in [0.2, 0.25) is 0 Å². The smallest absolute Gasteiger partial charge is 0.253 e. The maximum Gasteiger partial charge on any atom is 0.253 e. The van der Waals surface area contributed by atoms with E-state index in [1.54, 1.807) is 12.1 Å². The lowest BCUT2D eigenvalue weighted by Gasteiger charge is -2.32. The molecular weight excluding hydrogens is 292 g/mol. The van der Waals surface area contributed by atoms with E-state index in [1.165, 1.54) is 6.42 Å². The van der Waals surface area contributed by atoms with E-state index in [-0.39, 0.29) is 5.91 Å². The molecule has 0 aliphatic carbocycles. The van der Waals surface area contributed by atoms with Crippen LogP contribution in [0.1, 0.15) is 36.5 Å². The van der Waals surface area contributed by atoms with Crippen LogP contribution in [0.3, 0.4) is 0 Å². The Bertz CT molecular complexity index is 447. The van der Waals surface area contributed by atoms with Gasteiger partial charge in [-0.25, -0.2) is 0 Å². The lowest BCUT2D eigenvalue weighted by molar-refractivity contribution is 0.0671. The summed E-state index contributed by atoms with van der Waals surface area (Å²) in [4.78, 5) is 14.4. The predicted octanol–water partition coefficient (Wildman–Crippen LogP) is 3.29. The summed E-state index contributed by atoms with van der Waals surface area (Å²) in [7, 11) is 0. The number of likely N-dealkylation sites (tertiary alicyclic amines) is 1. The number of nitrogen functional groups attached to an aromatic ring is 1. The minimum Gasteiger partial charge on any atom is -0.398 e. The van der Waals surface area contributed by atoms with Gasteiger partial charge >= 0.3 is 0 Å². The highest BCUT2D eigenvalue weighted by Gasteiger charge is 2.23. The maximum atomic E-state index is 12.4. The zero-order chi connectivity index (χ0) is 13.1. The molecule has 1 aromatic carbocycles. The zero-order valence-corrected chi connectivity index (χ0v) is 12.2. The fourth-order valence-corrected chi connectivity index (χ4v) is 2.80. The fraction of sp³-hybridized carbons (Fsp3) is 0.500. The van der Waals surface area contributed by atoms with Crippen LogP contribution in [-0.2, 0) is 0 Å². The van der Waals surface area contributed by atoms with Crippen LogP contribution in [0.4, 0.5) is 5.69 Å². The van der Waals surface area contributed by atoms with Crippen molar-refractivity contribution in [3.8, 4) is 0 Å². The second-order valence-electron chi connectivity index (χ2n) is 4.90. The number of amides is 1. The van der Waals surface area contributed by atoms with Gasteiger partial charge in [0.25, 0.3) is 5.91 Å². The first-order valence-corrected chi connectivity index (χ1v) is 7.25. The standard InChI is InChI=1S/C14H19BrN2O/c1-2-10-4-3-7-17(9-10)14(18)11-5-6-13(16)12(15)8-11/h5-6,8,10H,2-4,7,9,16H2,1H3. The molecule has 1 saturated heterocycles. The molecule has 2 N–H and O–H groups in total. The highest BCUT2D eigenvalue weighted by Crippen LogP contribution is 2.24. The molecule has 1 atom stereocenters. The number of halogens is 1. The molecule has 0 spiro atoms. The summed E-state index contributed by atoms with van der Waals surface area (Å²) in [6.45, 7) is 3.95. The van der Waals surface area contributed by atoms with Crippen LogP contribution in [0.25, 0.3) is 0 Å². The van der Waals surface area contributed by atoms with Gasteiger partial charge in [-0.15, -0.1) is 0 Å². The molecule has 1 heterocycles. The van der Waals surface area contributed by atoms with E-state index in [0.717, 1.165) is 30.4 Å². The molecule has 98 valence electrons. The zero-order valence-electron chi connectivity index (χ0n) is 10.7. The van der Waals surface area contributed by atoms with Crippen molar-refractivity contribution < 1.29 is 4.79 Å². The SMILES string of the molecule is CCC1CCCN(C(=O)c2ccc(N)c(Br)c2)C1. The molecule has 1 amide bonds. The molecule has 1 fully saturated rings. The molecular formula is C14H19BrN2O. The van der Waals surface area contributed by atoms with Gasteiger partial charge in [0.05, 0.1) is 0 Å². The third kappa shape index (κ3) is 2.86. The van der Waals surface area contributed by atoms with Gasteiger partial charge in [-0.2, -0.15) is 0 Å². The van der Waals surface area contributed by atoms with Crippen molar-refractivity contribution in [3.05, 3.63) is 28.2 Å². The molecule has 2 rings (SSSR count). The first-order valence-electron chi connectivity index (χ1n) is 6.46. The van der Waals surface area contributed by atoms with Gasteiger partial charge in [0.2, 0.25) is 0 Å². The van der Waals surface area contributed by atoms with Crippen molar-refractivity contribution in [1.82, 2.24) is 4.90 Å². The Morgan fingerprint density at radius 2 is 2.33 bits per heavy atom. The van der Waals surface area contributed by atoms with Crippen LogP contribution in [0, 0.1) is 5.92 Å². The molecule has 0 bridgehead atoms. The Morgan fingerprint density at radius 3 is 3.00 bits per heavy atom. The van der Waals surface area contributed by atoms with E-state index >= 15 is 0 Å². The van der Waals surface area contributed by atoms with Gasteiger partial charge in [-0.05, 0) is 52.9 Å². The molecule has 3 nitrogen and oxygen atoms in total. The van der Waals surface area contributed by atoms with E-state index in [1.807, 2.05) is 11.0 Å². The van der Waals surface area contributed by atoms with Crippen molar-refractivity contribution in [2.75, 3.05) is 18.8 Å². The Morgan fingerprint density at radius 1 is 1.56 bits per heavy atom. The molecule has 18 heavy (non-hydrogen) atoms. The predicted molar refractivity (Wildman–Crippen MR) is 77.5 cm³/mol. The third-order valence-corrected chi connectivity index (χ3v) is 4.32. The summed E-state index contributed by atoms with van der Waals surface area (Å²) in [6.07, 6.45) is 3.50. The highest BCUT2D eigenvalue weighted by molar-refractivity contribution is 9.10. The quantitative estimate of drug-likeness (QED) is 0.852. The number of anilines is 1. The van der Waals surface area contributed by atoms with E-state index in [4.69, 9.17) is 5.73 Å². The largest absolute Gasteiger partial charge is 0.398 e. The van der Waals surface area contributed by atoms with Gasteiger partial charge in [0, 0.05) is 28.8 Å². The van der Waals surface area contributed by atoms with Crippen molar-refractivity contribution in [2.24, 2.45) is 5.92 Å². The van der Waals surface area contributed by atoms with Gasteiger partial charge in [0.15, 0.2) is 0 Å². The molecule has 1 aliphatic rings. The van der Waals surface area contributed by atoms with Crippen molar-refractivity contribution >= 4 is 27.5 Å². The number of hydrogen-bond donors (Lipinski definition) is 1. The summed E-state index contributed by atoms with van der Waals surface area (Å²) in [5, 5.41) is 0. The minimum atomic E-state index is 0.119. The maximum absolute atomic E-state index is 12.4. The molecule has 1 aliphatic heterocycles. The average molecular weight is 311 g/mol. The van der Waals surface area contributed by atoms with E-state index in [0.29, 0.717) is 17.2 Å². The summed E-state index contributed by atoms with van der Waals surface area (Å²) in [5.74, 6) is 0.772. The number of nitrogens with two attached hydrogens (primary N) is 1. The topological polar surface area (TPSA) is 46.3 Å². The summed E-state index contributed by atoms with van der Waals surface area (Å²) < 4.78 is 0.789. The number of piperidine rings is 1. The Hall–Kier alpha value is -1.03. The highest BCUT2D eigenvalue weighted by atomic mass is 79.9. The minimum absolute atomic E-state index is 0.119. The van der Waals surface area contributed by atoms with E-state index in [2.05, 4.69) is 22.9 Å². The molecule has 1 aromatic rings. The van der Waals surface area contributed by atoms with Crippen LogP contribution >= 0.6 is 15.9 Å². The fourth-order valence-electron chi connectivity index (χ4n) is 2.43. The van der Waals surface area contributed by atoms with Crippen LogP contribution in [0.15, 0.2) is 22.7 Å². The lowest BCUT2D eigenvalue weighted by atomic mass is 9.95. The number of hydrogen-bond acceptors (Lipinski definition) is 2. The van der Waals surface area contributed by atoms with Gasteiger partial charge in [0.1, 0.15) is 0 Å². The number of benzene rings is 1. The normalized spacial score (nSPS) is 19.9. The van der Waals surface area contributed by atoms with Crippen molar-refractivity contribution in [2.45, 2.75) is 26.2 Å². The molecule has 1 unspecified atom stereocenters. The summed E-state index contributed by atoms with van der Waals surface area (Å²) in [6, 6.07) is 5.39. The summed E-state index contributed by atoms with van der Waals surface area (Å²) >= 11 is 3.37. The number of carbonyl (C=O) groups is 1. The molecule has 0 saturated carbocycles.